The van der Waals surface area contributed by atoms with Crippen molar-refractivity contribution in [3.8, 4) is 0 Å². The largest absolute Gasteiger partial charge is 0.512 e. The fourth-order valence-electron chi connectivity index (χ4n) is 1.34. The maximum absolute atomic E-state index is 5.46. The monoisotopic (exact) mass is 184 g/mol. The minimum absolute atomic E-state index is 0.108. The van der Waals surface area contributed by atoms with Crippen LogP contribution >= 0.6 is 0 Å². The second-order valence-electron chi connectivity index (χ2n) is 3.77. The van der Waals surface area contributed by atoms with E-state index in [0.29, 0.717) is 0 Å². The Kier molecular flexibility index (Phi) is 7.24. The molecule has 2 radical (unpaired) electrons. The molecule has 0 rings (SSSR count). The highest BCUT2D eigenvalue weighted by Crippen LogP contribution is 2.23. The predicted molar refractivity (Wildman–Crippen MR) is 54.3 cm³/mol. The molecule has 0 unspecified atom stereocenters. The zero-order valence-corrected chi connectivity index (χ0v) is 9.88. The molecular weight excluding hydrogens is 163 g/mol. The van der Waals surface area contributed by atoms with Gasteiger partial charge in [0.25, 0.3) is 0 Å². The lowest BCUT2D eigenvalue weighted by atomic mass is 9.93. The lowest BCUT2D eigenvalue weighted by molar-refractivity contribution is 0.0757. The molecule has 0 spiro atoms. The lowest BCUT2D eigenvalue weighted by Crippen LogP contribution is -2.27. The highest BCUT2D eigenvalue weighted by atomic mass is 27.1. The highest BCUT2D eigenvalue weighted by molar-refractivity contribution is 5.98. The van der Waals surface area contributed by atoms with Gasteiger partial charge in [-0.3, -0.25) is 0 Å². The average molecular weight is 184 g/mol. The molecule has 0 aromatic heterocycles. The minimum Gasteiger partial charge on any atom is -0.512 e. The van der Waals surface area contributed by atoms with Gasteiger partial charge in [-0.25, -0.2) is 0 Å². The number of rotatable bonds is 7. The van der Waals surface area contributed by atoms with Gasteiger partial charge >= 0.3 is 16.6 Å². The predicted octanol–water partition coefficient (Wildman–Crippen LogP) is 3.23. The first-order valence-corrected chi connectivity index (χ1v) is 5.53. The van der Waals surface area contributed by atoms with Gasteiger partial charge in [0.15, 0.2) is 0 Å². The standard InChI is InChI=1S/C10H21O.Al/c1-4-6-8-10(3,11)9-7-5-2;/h4-9H2,1-3H3;/q-1;+1. The molecule has 0 saturated heterocycles. The fourth-order valence-corrected chi connectivity index (χ4v) is 1.58. The Morgan fingerprint density at radius 3 is 1.75 bits per heavy atom. The maximum atomic E-state index is 5.46. The van der Waals surface area contributed by atoms with Gasteiger partial charge in [0, 0.05) is 5.60 Å². The maximum Gasteiger partial charge on any atom is 0.369 e. The number of hydrogen-bond acceptors (Lipinski definition) is 1. The van der Waals surface area contributed by atoms with Gasteiger partial charge in [0.1, 0.15) is 0 Å². The van der Waals surface area contributed by atoms with E-state index < -0.39 is 0 Å². The zero-order chi connectivity index (χ0) is 9.45. The molecule has 0 aliphatic carbocycles. The van der Waals surface area contributed by atoms with Gasteiger partial charge in [-0.15, -0.1) is 0 Å². The Hall–Kier alpha value is 0.492. The molecule has 0 aliphatic heterocycles. The molecule has 1 nitrogen and oxygen atoms in total. The van der Waals surface area contributed by atoms with E-state index in [2.05, 4.69) is 37.4 Å². The Morgan fingerprint density at radius 2 is 1.50 bits per heavy atom. The second-order valence-corrected chi connectivity index (χ2v) is 4.01. The zero-order valence-electron chi connectivity index (χ0n) is 8.73. The van der Waals surface area contributed by atoms with E-state index in [4.69, 9.17) is 3.79 Å². The van der Waals surface area contributed by atoms with E-state index in [1.165, 1.54) is 38.5 Å². The van der Waals surface area contributed by atoms with E-state index in [1.54, 1.807) is 0 Å². The quantitative estimate of drug-likeness (QED) is 0.552. The van der Waals surface area contributed by atoms with Gasteiger partial charge in [-0.05, 0) is 19.8 Å². The van der Waals surface area contributed by atoms with Crippen LogP contribution in [-0.2, 0) is 3.79 Å². The summed E-state index contributed by atoms with van der Waals surface area (Å²) >= 11 is 2.41. The summed E-state index contributed by atoms with van der Waals surface area (Å²) in [5.41, 5.74) is 0.108. The van der Waals surface area contributed by atoms with Gasteiger partial charge in [-0.2, -0.15) is 0 Å². The summed E-state index contributed by atoms with van der Waals surface area (Å²) in [4.78, 5) is 0. The SMILES string of the molecule is CCCCC(C)(CCCC)[O][Al]. The second kappa shape index (κ2) is 6.95. The lowest BCUT2D eigenvalue weighted by Gasteiger charge is -2.30. The summed E-state index contributed by atoms with van der Waals surface area (Å²) in [5, 5.41) is 0. The Morgan fingerprint density at radius 1 is 1.08 bits per heavy atom. The van der Waals surface area contributed by atoms with Crippen LogP contribution < -0.4 is 0 Å². The first-order valence-electron chi connectivity index (χ1n) is 5.06. The first kappa shape index (κ1) is 12.5. The third kappa shape index (κ3) is 5.19. The van der Waals surface area contributed by atoms with Gasteiger partial charge < -0.3 is 3.79 Å². The molecule has 0 heterocycles. The van der Waals surface area contributed by atoms with Gasteiger partial charge in [-0.1, -0.05) is 39.5 Å². The van der Waals surface area contributed by atoms with E-state index in [0.717, 1.165) is 0 Å². The van der Waals surface area contributed by atoms with Gasteiger partial charge in [0.2, 0.25) is 0 Å². The summed E-state index contributed by atoms with van der Waals surface area (Å²) in [6, 6.07) is 0. The van der Waals surface area contributed by atoms with Crippen LogP contribution in [-0.4, -0.2) is 22.2 Å². The van der Waals surface area contributed by atoms with Gasteiger partial charge in [0.05, 0.1) is 0 Å². The van der Waals surface area contributed by atoms with Crippen molar-refractivity contribution in [3.05, 3.63) is 0 Å². The van der Waals surface area contributed by atoms with E-state index in [-0.39, 0.29) is 5.60 Å². The molecule has 0 bridgehead atoms. The van der Waals surface area contributed by atoms with Crippen molar-refractivity contribution in [2.75, 3.05) is 0 Å². The molecule has 70 valence electrons. The fraction of sp³-hybridized carbons (Fsp3) is 1.00. The molecule has 0 aromatic carbocycles. The molecule has 0 fully saturated rings. The van der Waals surface area contributed by atoms with Crippen molar-refractivity contribution in [3.63, 3.8) is 0 Å². The van der Waals surface area contributed by atoms with Crippen LogP contribution in [0.25, 0.3) is 0 Å². The third-order valence-corrected chi connectivity index (χ3v) is 2.97. The molecule has 0 N–H and O–H groups in total. The van der Waals surface area contributed by atoms with Crippen LogP contribution in [0.15, 0.2) is 0 Å². The number of unbranched alkanes of at least 4 members (excludes halogenated alkanes) is 2. The number of hydrogen-bond donors (Lipinski definition) is 0. The smallest absolute Gasteiger partial charge is 0.369 e. The highest BCUT2D eigenvalue weighted by Gasteiger charge is 2.19. The summed E-state index contributed by atoms with van der Waals surface area (Å²) in [6.07, 6.45) is 7.44. The minimum atomic E-state index is 0.108. The van der Waals surface area contributed by atoms with Crippen molar-refractivity contribution in [1.29, 1.82) is 0 Å². The van der Waals surface area contributed by atoms with Crippen molar-refractivity contribution >= 4 is 16.6 Å². The van der Waals surface area contributed by atoms with Crippen molar-refractivity contribution in [1.82, 2.24) is 0 Å². The third-order valence-electron chi connectivity index (χ3n) is 2.40. The van der Waals surface area contributed by atoms with Crippen LogP contribution in [0.2, 0.25) is 0 Å². The summed E-state index contributed by atoms with van der Waals surface area (Å²) in [6.45, 7) is 6.66. The Labute approximate surface area is 85.6 Å². The molecule has 0 saturated carbocycles. The van der Waals surface area contributed by atoms with Crippen LogP contribution in [0.4, 0.5) is 0 Å². The summed E-state index contributed by atoms with van der Waals surface area (Å²) < 4.78 is 5.46. The van der Waals surface area contributed by atoms with E-state index in [9.17, 15) is 0 Å². The molecule has 12 heavy (non-hydrogen) atoms. The van der Waals surface area contributed by atoms with Crippen molar-refractivity contribution in [2.24, 2.45) is 0 Å². The molecular formula is C10H21AlO. The van der Waals surface area contributed by atoms with Crippen LogP contribution in [0.1, 0.15) is 59.3 Å². The topological polar surface area (TPSA) is 9.23 Å². The van der Waals surface area contributed by atoms with E-state index in [1.807, 2.05) is 0 Å². The van der Waals surface area contributed by atoms with E-state index >= 15 is 0 Å². The average Bonchev–Trinajstić information content (AvgIpc) is 2.11. The van der Waals surface area contributed by atoms with Crippen LogP contribution in [0.3, 0.4) is 0 Å². The van der Waals surface area contributed by atoms with Crippen LogP contribution in [0, 0.1) is 0 Å². The Bertz CT molecular complexity index is 96.0. The summed E-state index contributed by atoms with van der Waals surface area (Å²) in [7, 11) is 0. The normalized spacial score (nSPS) is 11.9. The van der Waals surface area contributed by atoms with Crippen molar-refractivity contribution in [2.45, 2.75) is 64.9 Å². The molecule has 2 heteroatoms. The Balaban J connectivity index is 3.70. The molecule has 0 aromatic rings. The van der Waals surface area contributed by atoms with Crippen LogP contribution in [0.5, 0.6) is 0 Å². The summed E-state index contributed by atoms with van der Waals surface area (Å²) in [5.74, 6) is 0. The first-order chi connectivity index (χ1) is 5.68. The molecule has 0 aliphatic rings. The molecule has 0 atom stereocenters. The van der Waals surface area contributed by atoms with Crippen molar-refractivity contribution < 1.29 is 3.79 Å². The molecule has 0 amide bonds.